The van der Waals surface area contributed by atoms with Crippen molar-refractivity contribution in [3.8, 4) is 11.5 Å². The number of thiophene rings is 1. The summed E-state index contributed by atoms with van der Waals surface area (Å²) in [6, 6.07) is 20.2. The van der Waals surface area contributed by atoms with Gasteiger partial charge in [0.2, 0.25) is 6.79 Å². The molecule has 0 saturated carbocycles. The molecule has 1 aliphatic heterocycles. The first-order valence-corrected chi connectivity index (χ1v) is 14.1. The summed E-state index contributed by atoms with van der Waals surface area (Å²) < 4.78 is 13.0. The fourth-order valence-corrected chi connectivity index (χ4v) is 5.82. The highest BCUT2D eigenvalue weighted by Gasteiger charge is 2.27. The van der Waals surface area contributed by atoms with Crippen molar-refractivity contribution in [2.24, 2.45) is 0 Å². The summed E-state index contributed by atoms with van der Waals surface area (Å²) in [5, 5.41) is 15.9. The molecule has 0 amide bonds. The first kappa shape index (κ1) is 25.3. The van der Waals surface area contributed by atoms with E-state index in [2.05, 4.69) is 62.0 Å². The van der Waals surface area contributed by atoms with Crippen LogP contribution in [0.5, 0.6) is 11.5 Å². The Kier molecular flexibility index (Phi) is 7.38. The number of nitrogens with one attached hydrogen (secondary N) is 1. The van der Waals surface area contributed by atoms with Gasteiger partial charge >= 0.3 is 0 Å². The highest BCUT2D eigenvalue weighted by Crippen LogP contribution is 2.35. The number of fused-ring (bicyclic) bond motifs is 2. The summed E-state index contributed by atoms with van der Waals surface area (Å²) >= 11 is 1.71. The third kappa shape index (κ3) is 5.57. The van der Waals surface area contributed by atoms with Crippen LogP contribution in [0, 0.1) is 0 Å². The zero-order chi connectivity index (χ0) is 26.6. The van der Waals surface area contributed by atoms with Gasteiger partial charge in [0.05, 0.1) is 11.6 Å². The van der Waals surface area contributed by atoms with Crippen molar-refractivity contribution in [3.05, 3.63) is 98.2 Å². The maximum absolute atomic E-state index is 13.3. The Morgan fingerprint density at radius 2 is 1.92 bits per heavy atom. The van der Waals surface area contributed by atoms with Gasteiger partial charge in [-0.05, 0) is 52.4 Å². The minimum atomic E-state index is -0.114. The van der Waals surface area contributed by atoms with Crippen LogP contribution in [0.2, 0.25) is 0 Å². The Balaban J connectivity index is 1.33. The van der Waals surface area contributed by atoms with Gasteiger partial charge in [0.15, 0.2) is 17.3 Å². The molecule has 39 heavy (non-hydrogen) atoms. The molecule has 1 aliphatic rings. The van der Waals surface area contributed by atoms with Crippen molar-refractivity contribution in [2.75, 3.05) is 6.79 Å². The summed E-state index contributed by atoms with van der Waals surface area (Å²) in [6.45, 7) is 4.18. The maximum atomic E-state index is 13.3. The van der Waals surface area contributed by atoms with Crippen molar-refractivity contribution >= 4 is 22.2 Å². The van der Waals surface area contributed by atoms with Gasteiger partial charge in [-0.25, -0.2) is 4.68 Å². The van der Waals surface area contributed by atoms with E-state index < -0.39 is 0 Å². The summed E-state index contributed by atoms with van der Waals surface area (Å²) in [5.41, 5.74) is 2.54. The molecular formula is C29H30N6O3S. The Labute approximate surface area is 230 Å². The third-order valence-electron chi connectivity index (χ3n) is 7.04. The predicted octanol–water partition coefficient (Wildman–Crippen LogP) is 5.09. The molecule has 0 saturated heterocycles. The second-order valence-electron chi connectivity index (χ2n) is 9.70. The number of tetrazole rings is 1. The lowest BCUT2D eigenvalue weighted by Gasteiger charge is -2.30. The second kappa shape index (κ2) is 11.4. The number of ether oxygens (including phenoxy) is 2. The molecule has 200 valence electrons. The van der Waals surface area contributed by atoms with Gasteiger partial charge in [-0.15, -0.1) is 16.4 Å². The van der Waals surface area contributed by atoms with E-state index in [1.807, 2.05) is 41.1 Å². The number of H-pyrrole nitrogens is 1. The third-order valence-corrected chi connectivity index (χ3v) is 7.90. The molecule has 3 aromatic heterocycles. The van der Waals surface area contributed by atoms with Gasteiger partial charge in [-0.3, -0.25) is 9.69 Å². The van der Waals surface area contributed by atoms with E-state index in [4.69, 9.17) is 9.47 Å². The Hall–Kier alpha value is -4.02. The molecule has 1 unspecified atom stereocenters. The number of aryl methyl sites for hydroxylation is 2. The van der Waals surface area contributed by atoms with E-state index in [0.717, 1.165) is 36.0 Å². The molecule has 5 aromatic rings. The van der Waals surface area contributed by atoms with Crippen LogP contribution in [0.1, 0.15) is 47.6 Å². The van der Waals surface area contributed by atoms with Crippen LogP contribution in [0.3, 0.4) is 0 Å². The van der Waals surface area contributed by atoms with Gasteiger partial charge in [0.1, 0.15) is 0 Å². The van der Waals surface area contributed by atoms with E-state index >= 15 is 0 Å². The molecular weight excluding hydrogens is 512 g/mol. The molecule has 2 aromatic carbocycles. The quantitative estimate of drug-likeness (QED) is 0.248. The van der Waals surface area contributed by atoms with Crippen LogP contribution in [-0.2, 0) is 26.1 Å². The number of aromatic nitrogens is 5. The lowest BCUT2D eigenvalue weighted by atomic mass is 10.1. The number of nitrogens with zero attached hydrogens (tertiary/aromatic N) is 5. The van der Waals surface area contributed by atoms with E-state index in [1.54, 1.807) is 11.3 Å². The topological polar surface area (TPSA) is 98.2 Å². The smallest absolute Gasteiger partial charge is 0.252 e. The van der Waals surface area contributed by atoms with Crippen LogP contribution in [-0.4, -0.2) is 36.9 Å². The predicted molar refractivity (Wildman–Crippen MR) is 150 cm³/mol. The zero-order valence-corrected chi connectivity index (χ0v) is 22.6. The van der Waals surface area contributed by atoms with Gasteiger partial charge < -0.3 is 14.5 Å². The molecule has 0 spiro atoms. The van der Waals surface area contributed by atoms with Crippen LogP contribution in [0.4, 0.5) is 0 Å². The molecule has 1 atom stereocenters. The lowest BCUT2D eigenvalue weighted by molar-refractivity contribution is 0.157. The fourth-order valence-electron chi connectivity index (χ4n) is 5.09. The average molecular weight is 543 g/mol. The fraction of sp³-hybridized carbons (Fsp3) is 0.310. The number of pyridine rings is 1. The molecule has 0 bridgehead atoms. The zero-order valence-electron chi connectivity index (χ0n) is 21.7. The minimum absolute atomic E-state index is 0.0604. The van der Waals surface area contributed by atoms with Crippen molar-refractivity contribution < 1.29 is 9.47 Å². The normalized spacial score (nSPS) is 13.4. The molecule has 0 aliphatic carbocycles. The summed E-state index contributed by atoms with van der Waals surface area (Å²) in [4.78, 5) is 19.9. The Bertz CT molecular complexity index is 1600. The van der Waals surface area contributed by atoms with E-state index in [1.165, 1.54) is 10.4 Å². The molecule has 0 radical (unpaired) electrons. The Morgan fingerprint density at radius 1 is 1.08 bits per heavy atom. The summed E-state index contributed by atoms with van der Waals surface area (Å²) in [7, 11) is 0. The molecule has 6 rings (SSSR count). The van der Waals surface area contributed by atoms with Crippen LogP contribution in [0.15, 0.2) is 70.8 Å². The first-order chi connectivity index (χ1) is 19.2. The highest BCUT2D eigenvalue weighted by molar-refractivity contribution is 7.09. The number of hydrogen-bond donors (Lipinski definition) is 1. The molecule has 4 heterocycles. The Morgan fingerprint density at radius 3 is 2.72 bits per heavy atom. The van der Waals surface area contributed by atoms with Gasteiger partial charge in [-0.1, -0.05) is 49.7 Å². The average Bonchev–Trinajstić information content (AvgIpc) is 3.72. The van der Waals surface area contributed by atoms with Crippen molar-refractivity contribution in [3.63, 3.8) is 0 Å². The van der Waals surface area contributed by atoms with E-state index in [9.17, 15) is 4.79 Å². The van der Waals surface area contributed by atoms with Crippen molar-refractivity contribution in [1.82, 2.24) is 30.1 Å². The van der Waals surface area contributed by atoms with Crippen molar-refractivity contribution in [2.45, 2.75) is 51.9 Å². The molecule has 0 fully saturated rings. The number of hydrogen-bond acceptors (Lipinski definition) is 8. The van der Waals surface area contributed by atoms with Gasteiger partial charge in [0.25, 0.3) is 5.56 Å². The minimum Gasteiger partial charge on any atom is -0.454 e. The number of rotatable bonds is 11. The van der Waals surface area contributed by atoms with Crippen LogP contribution < -0.4 is 15.0 Å². The summed E-state index contributed by atoms with van der Waals surface area (Å²) in [5.74, 6) is 2.16. The van der Waals surface area contributed by atoms with E-state index in [-0.39, 0.29) is 18.4 Å². The maximum Gasteiger partial charge on any atom is 0.252 e. The second-order valence-corrected chi connectivity index (χ2v) is 10.7. The SMILES string of the molecule is CCCC(c1nnnn1CCc1ccccc1)N(Cc1cccs1)Cc1cc2cc3c(cc2[nH]c1=O)OCO3. The largest absolute Gasteiger partial charge is 0.454 e. The molecule has 9 nitrogen and oxygen atoms in total. The first-order valence-electron chi connectivity index (χ1n) is 13.2. The number of benzene rings is 2. The van der Waals surface area contributed by atoms with Gasteiger partial charge in [0, 0.05) is 41.5 Å². The van der Waals surface area contributed by atoms with Crippen LogP contribution in [0.25, 0.3) is 10.9 Å². The van der Waals surface area contributed by atoms with Gasteiger partial charge in [-0.2, -0.15) is 0 Å². The van der Waals surface area contributed by atoms with E-state index in [0.29, 0.717) is 36.7 Å². The molecule has 1 N–H and O–H groups in total. The summed E-state index contributed by atoms with van der Waals surface area (Å²) in [6.07, 6.45) is 2.65. The number of aromatic amines is 1. The highest BCUT2D eigenvalue weighted by atomic mass is 32.1. The lowest BCUT2D eigenvalue weighted by Crippen LogP contribution is -2.32. The monoisotopic (exact) mass is 542 g/mol. The molecule has 10 heteroatoms. The van der Waals surface area contributed by atoms with Crippen molar-refractivity contribution in [1.29, 1.82) is 0 Å². The van der Waals surface area contributed by atoms with Crippen LogP contribution >= 0.6 is 11.3 Å². The standard InChI is InChI=1S/C29H30N6O3S/c1-2-7-25(28-31-32-33-35(28)12-11-20-8-4-3-5-9-20)34(18-23-10-6-13-39-23)17-22-14-21-15-26-27(38-19-37-26)16-24(21)30-29(22)36/h3-6,8-10,13-16,25H,2,7,11-12,17-19H2,1H3,(H,30,36).